The number of amides is 2. The lowest BCUT2D eigenvalue weighted by atomic mass is 9.84. The molecule has 0 spiro atoms. The quantitative estimate of drug-likeness (QED) is 0.846. The molecule has 1 N–H and O–H groups in total. The van der Waals surface area contributed by atoms with E-state index in [1.54, 1.807) is 54.0 Å². The fourth-order valence-corrected chi connectivity index (χ4v) is 3.73. The molecule has 1 aliphatic heterocycles. The summed E-state index contributed by atoms with van der Waals surface area (Å²) in [6.07, 6.45) is 4.37. The normalized spacial score (nSPS) is 19.5. The fraction of sp³-hybridized carbons (Fsp3) is 0.400. The van der Waals surface area contributed by atoms with Gasteiger partial charge in [0.15, 0.2) is 0 Å². The van der Waals surface area contributed by atoms with Gasteiger partial charge in [0.25, 0.3) is 0 Å². The van der Waals surface area contributed by atoms with Crippen LogP contribution in [0.15, 0.2) is 36.7 Å². The first-order valence-electron chi connectivity index (χ1n) is 9.09. The van der Waals surface area contributed by atoms with E-state index in [-0.39, 0.29) is 29.3 Å². The number of hydrogen-bond donors (Lipinski definition) is 1. The van der Waals surface area contributed by atoms with E-state index in [1.165, 1.54) is 12.1 Å². The number of rotatable bonds is 5. The van der Waals surface area contributed by atoms with Gasteiger partial charge in [0.2, 0.25) is 11.8 Å². The number of aryl methyl sites for hydroxylation is 1. The summed E-state index contributed by atoms with van der Waals surface area (Å²) in [7, 11) is 5.26. The Balaban J connectivity index is 1.78. The van der Waals surface area contributed by atoms with Crippen molar-refractivity contribution in [3.63, 3.8) is 0 Å². The summed E-state index contributed by atoms with van der Waals surface area (Å²) in [5.41, 5.74) is 1.90. The number of carbonyl (C=O) groups excluding carboxylic acids is 2. The van der Waals surface area contributed by atoms with E-state index in [9.17, 15) is 14.4 Å². The molecule has 1 aromatic carbocycles. The highest BCUT2D eigenvalue weighted by molar-refractivity contribution is 5.87. The molecule has 0 unspecified atom stereocenters. The first kappa shape index (κ1) is 19.6. The molecule has 1 saturated heterocycles. The Kier molecular flexibility index (Phi) is 5.48. The van der Waals surface area contributed by atoms with Crippen LogP contribution in [-0.4, -0.2) is 56.6 Å². The van der Waals surface area contributed by atoms with Crippen molar-refractivity contribution in [3.8, 4) is 0 Å². The van der Waals surface area contributed by atoms with Crippen molar-refractivity contribution in [2.24, 2.45) is 13.0 Å². The van der Waals surface area contributed by atoms with Gasteiger partial charge in [-0.1, -0.05) is 12.1 Å². The number of piperidine rings is 1. The lowest BCUT2D eigenvalue weighted by Crippen LogP contribution is -2.46. The standard InChI is InChI=1S/C20H24N4O4/c1-22(11-13-4-6-14(7-5-13)20(27)28)19(26)16-8-9-17(25)24(3)18(16)15-10-21-23(2)12-15/h4-7,10,12,16,18H,8-9,11H2,1-3H3,(H,27,28)/t16-,18-/m0/s1. The molecule has 2 amide bonds. The Morgan fingerprint density at radius 2 is 1.93 bits per heavy atom. The van der Waals surface area contributed by atoms with Crippen molar-refractivity contribution in [3.05, 3.63) is 53.3 Å². The maximum Gasteiger partial charge on any atom is 0.335 e. The molecular formula is C20H24N4O4. The number of aromatic nitrogens is 2. The van der Waals surface area contributed by atoms with E-state index >= 15 is 0 Å². The predicted octanol–water partition coefficient (Wildman–Crippen LogP) is 1.69. The van der Waals surface area contributed by atoms with Gasteiger partial charge in [0.05, 0.1) is 23.7 Å². The molecule has 148 valence electrons. The molecule has 1 aromatic heterocycles. The monoisotopic (exact) mass is 384 g/mol. The van der Waals surface area contributed by atoms with Crippen LogP contribution < -0.4 is 0 Å². The number of carboxylic acids is 1. The minimum atomic E-state index is -0.981. The average Bonchev–Trinajstić information content (AvgIpc) is 3.09. The van der Waals surface area contributed by atoms with Crippen molar-refractivity contribution in [2.75, 3.05) is 14.1 Å². The fourth-order valence-electron chi connectivity index (χ4n) is 3.73. The molecule has 2 aromatic rings. The molecule has 0 saturated carbocycles. The van der Waals surface area contributed by atoms with E-state index in [0.29, 0.717) is 19.4 Å². The van der Waals surface area contributed by atoms with E-state index in [0.717, 1.165) is 11.1 Å². The topological polar surface area (TPSA) is 95.7 Å². The summed E-state index contributed by atoms with van der Waals surface area (Å²) < 4.78 is 1.66. The lowest BCUT2D eigenvalue weighted by Gasteiger charge is -2.39. The van der Waals surface area contributed by atoms with Gasteiger partial charge in [-0.15, -0.1) is 0 Å². The first-order chi connectivity index (χ1) is 13.3. The van der Waals surface area contributed by atoms with Crippen LogP contribution in [0.25, 0.3) is 0 Å². The van der Waals surface area contributed by atoms with Crippen molar-refractivity contribution in [2.45, 2.75) is 25.4 Å². The Hall–Kier alpha value is -3.16. The van der Waals surface area contributed by atoms with E-state index in [2.05, 4.69) is 5.10 Å². The highest BCUT2D eigenvalue weighted by Gasteiger charge is 2.40. The summed E-state index contributed by atoms with van der Waals surface area (Å²) in [4.78, 5) is 39.7. The van der Waals surface area contributed by atoms with E-state index in [4.69, 9.17) is 5.11 Å². The molecule has 28 heavy (non-hydrogen) atoms. The highest BCUT2D eigenvalue weighted by atomic mass is 16.4. The third kappa shape index (κ3) is 3.90. The summed E-state index contributed by atoms with van der Waals surface area (Å²) in [6, 6.07) is 6.13. The zero-order chi connectivity index (χ0) is 20.4. The Bertz CT molecular complexity index is 890. The van der Waals surface area contributed by atoms with Crippen LogP contribution in [0.2, 0.25) is 0 Å². The summed E-state index contributed by atoms with van der Waals surface area (Å²) >= 11 is 0. The van der Waals surface area contributed by atoms with Crippen molar-refractivity contribution < 1.29 is 19.5 Å². The van der Waals surface area contributed by atoms with Gasteiger partial charge in [0.1, 0.15) is 0 Å². The molecule has 2 atom stereocenters. The number of hydrogen-bond acceptors (Lipinski definition) is 4. The number of carboxylic acid groups (broad SMARTS) is 1. The minimum absolute atomic E-state index is 0.0183. The smallest absolute Gasteiger partial charge is 0.335 e. The van der Waals surface area contributed by atoms with Crippen molar-refractivity contribution >= 4 is 17.8 Å². The molecule has 8 heteroatoms. The van der Waals surface area contributed by atoms with Crippen molar-refractivity contribution in [1.82, 2.24) is 19.6 Å². The predicted molar refractivity (Wildman–Crippen MR) is 101 cm³/mol. The zero-order valence-corrected chi connectivity index (χ0v) is 16.2. The SMILES string of the molecule is CN(Cc1ccc(C(=O)O)cc1)C(=O)[C@H]1CCC(=O)N(C)[C@H]1c1cnn(C)c1. The van der Waals surface area contributed by atoms with Crippen LogP contribution in [0.4, 0.5) is 0 Å². The van der Waals surface area contributed by atoms with Gasteiger partial charge in [-0.2, -0.15) is 5.10 Å². The number of likely N-dealkylation sites (tertiary alicyclic amines) is 1. The first-order valence-corrected chi connectivity index (χ1v) is 9.09. The van der Waals surface area contributed by atoms with Crippen LogP contribution in [0.3, 0.4) is 0 Å². The second kappa shape index (κ2) is 7.84. The number of nitrogens with zero attached hydrogens (tertiary/aromatic N) is 4. The second-order valence-corrected chi connectivity index (χ2v) is 7.24. The van der Waals surface area contributed by atoms with E-state index < -0.39 is 5.97 Å². The molecule has 3 rings (SSSR count). The Labute approximate surface area is 163 Å². The molecule has 2 heterocycles. The number of carbonyl (C=O) groups is 3. The van der Waals surface area contributed by atoms with Crippen LogP contribution >= 0.6 is 0 Å². The molecular weight excluding hydrogens is 360 g/mol. The third-order valence-corrected chi connectivity index (χ3v) is 5.24. The van der Waals surface area contributed by atoms with Gasteiger partial charge < -0.3 is 14.9 Å². The lowest BCUT2D eigenvalue weighted by molar-refractivity contribution is -0.146. The van der Waals surface area contributed by atoms with Crippen LogP contribution in [0, 0.1) is 5.92 Å². The van der Waals surface area contributed by atoms with Gasteiger partial charge in [-0.25, -0.2) is 4.79 Å². The second-order valence-electron chi connectivity index (χ2n) is 7.24. The summed E-state index contributed by atoms with van der Waals surface area (Å²) in [6.45, 7) is 0.368. The molecule has 0 radical (unpaired) electrons. The van der Waals surface area contributed by atoms with Gasteiger partial charge >= 0.3 is 5.97 Å². The average molecular weight is 384 g/mol. The van der Waals surface area contributed by atoms with Crippen molar-refractivity contribution in [1.29, 1.82) is 0 Å². The van der Waals surface area contributed by atoms with Gasteiger partial charge in [0, 0.05) is 45.9 Å². The van der Waals surface area contributed by atoms with Crippen LogP contribution in [0.5, 0.6) is 0 Å². The Morgan fingerprint density at radius 1 is 1.25 bits per heavy atom. The molecule has 1 aliphatic rings. The van der Waals surface area contributed by atoms with Gasteiger partial charge in [-0.05, 0) is 24.1 Å². The maximum atomic E-state index is 13.2. The van der Waals surface area contributed by atoms with E-state index in [1.807, 2.05) is 6.20 Å². The number of benzene rings is 1. The maximum absolute atomic E-state index is 13.2. The minimum Gasteiger partial charge on any atom is -0.478 e. The number of aromatic carboxylic acids is 1. The largest absolute Gasteiger partial charge is 0.478 e. The summed E-state index contributed by atoms with van der Waals surface area (Å²) in [5, 5.41) is 13.2. The van der Waals surface area contributed by atoms with Crippen LogP contribution in [-0.2, 0) is 23.2 Å². The third-order valence-electron chi connectivity index (χ3n) is 5.24. The highest BCUT2D eigenvalue weighted by Crippen LogP contribution is 2.36. The zero-order valence-electron chi connectivity index (χ0n) is 16.2. The molecule has 1 fully saturated rings. The van der Waals surface area contributed by atoms with Gasteiger partial charge in [-0.3, -0.25) is 14.3 Å². The molecule has 0 bridgehead atoms. The Morgan fingerprint density at radius 3 is 2.50 bits per heavy atom. The molecule has 0 aliphatic carbocycles. The summed E-state index contributed by atoms with van der Waals surface area (Å²) in [5.74, 6) is -1.36. The molecule has 8 nitrogen and oxygen atoms in total. The van der Waals surface area contributed by atoms with Crippen LogP contribution in [0.1, 0.15) is 40.4 Å².